The minimum Gasteiger partial charge on any atom is -0.494 e. The summed E-state index contributed by atoms with van der Waals surface area (Å²) >= 11 is 0. The molecule has 4 nitrogen and oxygen atoms in total. The Bertz CT molecular complexity index is 408. The lowest BCUT2D eigenvalue weighted by molar-refractivity contribution is 0.417. The molecule has 0 radical (unpaired) electrons. The van der Waals surface area contributed by atoms with Crippen molar-refractivity contribution >= 4 is 11.3 Å². The zero-order chi connectivity index (χ0) is 8.55. The van der Waals surface area contributed by atoms with E-state index in [-0.39, 0.29) is 0 Å². The van der Waals surface area contributed by atoms with Crippen molar-refractivity contribution in [3.63, 3.8) is 0 Å². The van der Waals surface area contributed by atoms with Gasteiger partial charge in [0.05, 0.1) is 12.8 Å². The first-order valence-corrected chi connectivity index (χ1v) is 3.57. The van der Waals surface area contributed by atoms with Crippen molar-refractivity contribution in [2.75, 3.05) is 12.8 Å². The largest absolute Gasteiger partial charge is 0.494 e. The summed E-state index contributed by atoms with van der Waals surface area (Å²) in [7, 11) is 1.59. The van der Waals surface area contributed by atoms with E-state index in [1.165, 1.54) is 0 Å². The van der Waals surface area contributed by atoms with E-state index in [0.29, 0.717) is 11.4 Å². The van der Waals surface area contributed by atoms with E-state index in [1.807, 2.05) is 10.6 Å². The number of pyridine rings is 1. The van der Waals surface area contributed by atoms with Crippen molar-refractivity contribution in [1.82, 2.24) is 9.38 Å². The number of hydrogen-bond acceptors (Lipinski definition) is 3. The molecule has 4 heteroatoms. The second kappa shape index (κ2) is 2.41. The van der Waals surface area contributed by atoms with Gasteiger partial charge in [-0.2, -0.15) is 0 Å². The molecule has 2 heterocycles. The third kappa shape index (κ3) is 0.887. The van der Waals surface area contributed by atoms with Crippen LogP contribution in [0.15, 0.2) is 24.7 Å². The van der Waals surface area contributed by atoms with Crippen molar-refractivity contribution in [2.24, 2.45) is 0 Å². The summed E-state index contributed by atoms with van der Waals surface area (Å²) in [5.41, 5.74) is 7.13. The van der Waals surface area contributed by atoms with Crippen molar-refractivity contribution in [3.05, 3.63) is 24.7 Å². The number of rotatable bonds is 1. The molecule has 0 aliphatic rings. The van der Waals surface area contributed by atoms with E-state index in [0.717, 1.165) is 5.65 Å². The Kier molecular flexibility index (Phi) is 1.40. The maximum Gasteiger partial charge on any atom is 0.146 e. The lowest BCUT2D eigenvalue weighted by atomic mass is 10.4. The van der Waals surface area contributed by atoms with Crippen LogP contribution >= 0.6 is 0 Å². The van der Waals surface area contributed by atoms with Gasteiger partial charge in [0.25, 0.3) is 0 Å². The number of nitrogens with zero attached hydrogens (tertiary/aromatic N) is 2. The van der Waals surface area contributed by atoms with E-state index in [2.05, 4.69) is 4.98 Å². The number of ether oxygens (including phenoxy) is 1. The lowest BCUT2D eigenvalue weighted by Gasteiger charge is -2.03. The number of fused-ring (bicyclic) bond motifs is 1. The number of nitrogens with two attached hydrogens (primary N) is 1. The highest BCUT2D eigenvalue weighted by Crippen LogP contribution is 2.21. The van der Waals surface area contributed by atoms with Crippen molar-refractivity contribution in [2.45, 2.75) is 0 Å². The molecule has 2 rings (SSSR count). The average Bonchev–Trinajstić information content (AvgIpc) is 2.49. The molecule has 0 fully saturated rings. The summed E-state index contributed by atoms with van der Waals surface area (Å²) in [4.78, 5) is 4.10. The predicted octanol–water partition coefficient (Wildman–Crippen LogP) is 0.925. The van der Waals surface area contributed by atoms with Gasteiger partial charge in [0.1, 0.15) is 11.4 Å². The maximum absolute atomic E-state index is 5.68. The Hall–Kier alpha value is -1.71. The SMILES string of the molecule is COc1cc2nccn2cc1N. The van der Waals surface area contributed by atoms with Gasteiger partial charge in [-0.05, 0) is 0 Å². The van der Waals surface area contributed by atoms with Gasteiger partial charge in [-0.15, -0.1) is 0 Å². The van der Waals surface area contributed by atoms with Crippen LogP contribution in [0.3, 0.4) is 0 Å². The standard InChI is InChI=1S/C8H9N3O/c1-12-7-4-8-10-2-3-11(8)5-6(7)9/h2-5H,9H2,1H3. The van der Waals surface area contributed by atoms with Crippen LogP contribution in [0.2, 0.25) is 0 Å². The Labute approximate surface area is 69.6 Å². The normalized spacial score (nSPS) is 10.4. The zero-order valence-electron chi connectivity index (χ0n) is 6.69. The van der Waals surface area contributed by atoms with Gasteiger partial charge in [0.15, 0.2) is 0 Å². The molecule has 0 spiro atoms. The molecule has 0 amide bonds. The third-order valence-electron chi connectivity index (χ3n) is 1.74. The summed E-state index contributed by atoms with van der Waals surface area (Å²) in [6.45, 7) is 0. The first kappa shape index (κ1) is 6.97. The fraction of sp³-hybridized carbons (Fsp3) is 0.125. The van der Waals surface area contributed by atoms with Crippen molar-refractivity contribution < 1.29 is 4.74 Å². The van der Waals surface area contributed by atoms with E-state index in [1.54, 1.807) is 25.6 Å². The Balaban J connectivity index is 2.73. The summed E-state index contributed by atoms with van der Waals surface area (Å²) < 4.78 is 6.89. The molecular formula is C8H9N3O. The van der Waals surface area contributed by atoms with Gasteiger partial charge in [0.2, 0.25) is 0 Å². The van der Waals surface area contributed by atoms with E-state index in [9.17, 15) is 0 Å². The van der Waals surface area contributed by atoms with Crippen LogP contribution in [-0.2, 0) is 0 Å². The number of aromatic nitrogens is 2. The minimum atomic E-state index is 0.614. The number of imidazole rings is 1. The Morgan fingerprint density at radius 3 is 3.17 bits per heavy atom. The zero-order valence-corrected chi connectivity index (χ0v) is 6.69. The molecule has 0 atom stereocenters. The average molecular weight is 163 g/mol. The number of methoxy groups -OCH3 is 1. The highest BCUT2D eigenvalue weighted by Gasteiger charge is 2.01. The molecule has 0 unspecified atom stereocenters. The molecule has 0 aliphatic carbocycles. The fourth-order valence-corrected chi connectivity index (χ4v) is 1.14. The topological polar surface area (TPSA) is 52.5 Å². The van der Waals surface area contributed by atoms with Crippen LogP contribution in [0.4, 0.5) is 5.69 Å². The molecule has 0 saturated heterocycles. The number of hydrogen-bond donors (Lipinski definition) is 1. The highest BCUT2D eigenvalue weighted by molar-refractivity contribution is 5.58. The predicted molar refractivity (Wildman–Crippen MR) is 46.2 cm³/mol. The van der Waals surface area contributed by atoms with Crippen LogP contribution in [0, 0.1) is 0 Å². The summed E-state index contributed by atoms with van der Waals surface area (Å²) in [5.74, 6) is 0.661. The highest BCUT2D eigenvalue weighted by atomic mass is 16.5. The van der Waals surface area contributed by atoms with Gasteiger partial charge < -0.3 is 14.9 Å². The van der Waals surface area contributed by atoms with Gasteiger partial charge in [-0.25, -0.2) is 4.98 Å². The second-order valence-corrected chi connectivity index (χ2v) is 2.49. The van der Waals surface area contributed by atoms with Gasteiger partial charge in [0, 0.05) is 24.7 Å². The van der Waals surface area contributed by atoms with Gasteiger partial charge in [-0.1, -0.05) is 0 Å². The molecule has 2 aromatic heterocycles. The first-order chi connectivity index (χ1) is 5.81. The van der Waals surface area contributed by atoms with Crippen LogP contribution in [0.5, 0.6) is 5.75 Å². The molecule has 2 N–H and O–H groups in total. The fourth-order valence-electron chi connectivity index (χ4n) is 1.14. The van der Waals surface area contributed by atoms with Crippen LogP contribution in [0.1, 0.15) is 0 Å². The van der Waals surface area contributed by atoms with Crippen LogP contribution < -0.4 is 10.5 Å². The Morgan fingerprint density at radius 1 is 1.58 bits per heavy atom. The first-order valence-electron chi connectivity index (χ1n) is 3.57. The summed E-state index contributed by atoms with van der Waals surface area (Å²) in [6.07, 6.45) is 5.33. The summed E-state index contributed by atoms with van der Waals surface area (Å²) in [5, 5.41) is 0. The lowest BCUT2D eigenvalue weighted by Crippen LogP contribution is -1.95. The maximum atomic E-state index is 5.68. The molecule has 0 saturated carbocycles. The van der Waals surface area contributed by atoms with Crippen LogP contribution in [-0.4, -0.2) is 16.5 Å². The van der Waals surface area contributed by atoms with E-state index >= 15 is 0 Å². The monoisotopic (exact) mass is 163 g/mol. The molecule has 0 aromatic carbocycles. The molecule has 2 aromatic rings. The molecule has 0 aliphatic heterocycles. The molecule has 62 valence electrons. The number of nitrogen functional groups attached to an aromatic ring is 1. The van der Waals surface area contributed by atoms with E-state index in [4.69, 9.17) is 10.5 Å². The molecule has 0 bridgehead atoms. The number of anilines is 1. The Morgan fingerprint density at radius 2 is 2.42 bits per heavy atom. The summed E-state index contributed by atoms with van der Waals surface area (Å²) in [6, 6.07) is 1.80. The second-order valence-electron chi connectivity index (χ2n) is 2.49. The van der Waals surface area contributed by atoms with E-state index < -0.39 is 0 Å². The van der Waals surface area contributed by atoms with Crippen molar-refractivity contribution in [1.29, 1.82) is 0 Å². The molecule has 12 heavy (non-hydrogen) atoms. The van der Waals surface area contributed by atoms with Crippen LogP contribution in [0.25, 0.3) is 5.65 Å². The van der Waals surface area contributed by atoms with Gasteiger partial charge >= 0.3 is 0 Å². The molecular weight excluding hydrogens is 154 g/mol. The third-order valence-corrected chi connectivity index (χ3v) is 1.74. The minimum absolute atomic E-state index is 0.614. The van der Waals surface area contributed by atoms with Crippen molar-refractivity contribution in [3.8, 4) is 5.75 Å². The smallest absolute Gasteiger partial charge is 0.146 e. The van der Waals surface area contributed by atoms with Gasteiger partial charge in [-0.3, -0.25) is 0 Å². The quantitative estimate of drug-likeness (QED) is 0.680.